The Labute approximate surface area is 64.0 Å². The van der Waals surface area contributed by atoms with Gasteiger partial charge in [-0.3, -0.25) is 0 Å². The van der Waals surface area contributed by atoms with E-state index < -0.39 is 10.8 Å². The highest BCUT2D eigenvalue weighted by Gasteiger charge is 2.51. The Hall–Kier alpha value is -0.0600. The average Bonchev–Trinajstić information content (AvgIpc) is 1.61. The van der Waals surface area contributed by atoms with Crippen molar-refractivity contribution in [2.45, 2.75) is 17.7 Å². The summed E-state index contributed by atoms with van der Waals surface area (Å²) in [7, 11) is 0. The van der Waals surface area contributed by atoms with Crippen molar-refractivity contribution in [2.24, 2.45) is 0 Å². The fraction of sp³-hybridized carbons (Fsp3) is 0.600. The molecule has 0 heterocycles. The molecule has 0 aliphatic heterocycles. The first kappa shape index (κ1) is 9.94. The maximum atomic E-state index is 12.0. The number of alkyl halides is 5. The molecule has 0 aromatic carbocycles. The lowest BCUT2D eigenvalue weighted by atomic mass is 10.3. The van der Waals surface area contributed by atoms with Crippen molar-refractivity contribution >= 4 is 15.9 Å². The van der Waals surface area contributed by atoms with Crippen LogP contribution in [0, 0.1) is 0 Å². The van der Waals surface area contributed by atoms with Crippen LogP contribution in [0.5, 0.6) is 0 Å². The molecule has 10 heavy (non-hydrogen) atoms. The second kappa shape index (κ2) is 2.90. The molecular weight excluding hydrogens is 216 g/mol. The monoisotopic (exact) mass is 220 g/mol. The van der Waals surface area contributed by atoms with Gasteiger partial charge in [0.05, 0.1) is 0 Å². The third-order valence-electron chi connectivity index (χ3n) is 0.754. The lowest BCUT2D eigenvalue weighted by molar-refractivity contribution is -0.111. The molecule has 0 N–H and O–H groups in total. The van der Waals surface area contributed by atoms with E-state index in [9.17, 15) is 17.6 Å². The van der Waals surface area contributed by atoms with E-state index in [-0.39, 0.29) is 6.08 Å². The summed E-state index contributed by atoms with van der Waals surface area (Å²) in [6, 6.07) is 0. The number of hydrogen-bond acceptors (Lipinski definition) is 0. The molecule has 0 spiro atoms. The van der Waals surface area contributed by atoms with Gasteiger partial charge in [-0.05, 0) is 28.9 Å². The van der Waals surface area contributed by atoms with Gasteiger partial charge < -0.3 is 0 Å². The maximum absolute atomic E-state index is 12.0. The molecule has 5 heteroatoms. The lowest BCUT2D eigenvalue weighted by Crippen LogP contribution is -2.32. The first-order valence-electron chi connectivity index (χ1n) is 2.39. The largest absolute Gasteiger partial charge is 0.367 e. The minimum absolute atomic E-state index is 0.141. The van der Waals surface area contributed by atoms with Crippen LogP contribution < -0.4 is 0 Å². The highest BCUT2D eigenvalue weighted by Crippen LogP contribution is 2.40. The van der Waals surface area contributed by atoms with E-state index in [1.54, 1.807) is 15.9 Å². The van der Waals surface area contributed by atoms with E-state index in [0.717, 1.165) is 6.08 Å². The molecule has 0 aromatic heterocycles. The van der Waals surface area contributed by atoms with E-state index in [2.05, 4.69) is 0 Å². The maximum Gasteiger partial charge on any atom is 0.367 e. The van der Waals surface area contributed by atoms with Crippen LogP contribution in [0.3, 0.4) is 0 Å². The van der Waals surface area contributed by atoms with Crippen LogP contribution in [0.4, 0.5) is 17.6 Å². The molecule has 0 amide bonds. The van der Waals surface area contributed by atoms with E-state index >= 15 is 0 Å². The second-order valence-corrected chi connectivity index (χ2v) is 2.62. The van der Waals surface area contributed by atoms with Crippen molar-refractivity contribution < 1.29 is 17.6 Å². The molecule has 0 aliphatic carbocycles. The zero-order valence-electron chi connectivity index (χ0n) is 5.04. The molecule has 0 bridgehead atoms. The molecular formula is C5H5BrF4. The van der Waals surface area contributed by atoms with Gasteiger partial charge in [-0.15, -0.1) is 0 Å². The first-order valence-corrected chi connectivity index (χ1v) is 3.19. The number of allylic oxidation sites excluding steroid dienone is 2. The summed E-state index contributed by atoms with van der Waals surface area (Å²) in [6.07, 6.45) is 1.01. The van der Waals surface area contributed by atoms with Crippen molar-refractivity contribution in [2.75, 3.05) is 0 Å². The van der Waals surface area contributed by atoms with Gasteiger partial charge in [-0.25, -0.2) is 0 Å². The van der Waals surface area contributed by atoms with Gasteiger partial charge in [0, 0.05) is 0 Å². The van der Waals surface area contributed by atoms with Crippen LogP contribution in [-0.2, 0) is 0 Å². The molecule has 0 saturated carbocycles. The van der Waals surface area contributed by atoms with Gasteiger partial charge in [0.15, 0.2) is 0 Å². The lowest BCUT2D eigenvalue weighted by Gasteiger charge is -2.16. The van der Waals surface area contributed by atoms with Crippen LogP contribution in [-0.4, -0.2) is 10.8 Å². The molecule has 0 aliphatic rings. The zero-order valence-corrected chi connectivity index (χ0v) is 6.63. The van der Waals surface area contributed by atoms with Crippen LogP contribution in [0.25, 0.3) is 0 Å². The second-order valence-electron chi connectivity index (χ2n) is 1.62. The van der Waals surface area contributed by atoms with Gasteiger partial charge in [0.2, 0.25) is 0 Å². The Morgan fingerprint density at radius 3 is 1.70 bits per heavy atom. The van der Waals surface area contributed by atoms with E-state index in [1.807, 2.05) is 0 Å². The van der Waals surface area contributed by atoms with Crippen LogP contribution in [0.2, 0.25) is 0 Å². The van der Waals surface area contributed by atoms with Gasteiger partial charge >= 0.3 is 10.8 Å². The molecule has 0 unspecified atom stereocenters. The number of halogens is 5. The Morgan fingerprint density at radius 1 is 1.20 bits per heavy atom. The summed E-state index contributed by atoms with van der Waals surface area (Å²) < 4.78 is 47.7. The summed E-state index contributed by atoms with van der Waals surface area (Å²) in [6.45, 7) is 1.24. The molecule has 60 valence electrons. The molecule has 0 radical (unpaired) electrons. The van der Waals surface area contributed by atoms with Crippen LogP contribution >= 0.6 is 15.9 Å². The standard InChI is InChI=1S/C5H5BrF4/c1-2-3-4(7,8)5(6,9)10/h2-3H,1H3. The van der Waals surface area contributed by atoms with Crippen molar-refractivity contribution in [3.63, 3.8) is 0 Å². The summed E-state index contributed by atoms with van der Waals surface area (Å²) >= 11 is 1.57. The van der Waals surface area contributed by atoms with E-state index in [1.165, 1.54) is 6.92 Å². The quantitative estimate of drug-likeness (QED) is 0.381. The molecule has 0 fully saturated rings. The zero-order chi connectivity index (χ0) is 8.41. The fourth-order valence-electron chi connectivity index (χ4n) is 0.304. The molecule has 0 nitrogen and oxygen atoms in total. The Kier molecular flexibility index (Phi) is 2.88. The molecule has 0 atom stereocenters. The summed E-state index contributed by atoms with van der Waals surface area (Å²) in [5.41, 5.74) is 0. The summed E-state index contributed by atoms with van der Waals surface area (Å²) in [5, 5.41) is 0. The minimum atomic E-state index is -4.16. The topological polar surface area (TPSA) is 0 Å². The summed E-state index contributed by atoms with van der Waals surface area (Å²) in [4.78, 5) is -4.16. The van der Waals surface area contributed by atoms with Crippen molar-refractivity contribution in [1.29, 1.82) is 0 Å². The number of rotatable bonds is 2. The van der Waals surface area contributed by atoms with Gasteiger partial charge in [0.25, 0.3) is 0 Å². The highest BCUT2D eigenvalue weighted by molar-refractivity contribution is 9.10. The first-order chi connectivity index (χ1) is 4.31. The molecule has 0 saturated heterocycles. The van der Waals surface area contributed by atoms with E-state index in [0.29, 0.717) is 0 Å². The van der Waals surface area contributed by atoms with Crippen molar-refractivity contribution in [3.05, 3.63) is 12.2 Å². The van der Waals surface area contributed by atoms with Gasteiger partial charge in [-0.2, -0.15) is 17.6 Å². The molecule has 0 aromatic rings. The normalized spacial score (nSPS) is 14.6. The van der Waals surface area contributed by atoms with Crippen molar-refractivity contribution in [3.8, 4) is 0 Å². The minimum Gasteiger partial charge on any atom is -0.194 e. The predicted molar refractivity (Wildman–Crippen MR) is 33.6 cm³/mol. The Balaban J connectivity index is 4.40. The fourth-order valence-corrected chi connectivity index (χ4v) is 0.436. The van der Waals surface area contributed by atoms with E-state index in [4.69, 9.17) is 0 Å². The SMILES string of the molecule is CC=CC(F)(F)C(F)(F)Br. The van der Waals surface area contributed by atoms with Crippen LogP contribution in [0.1, 0.15) is 6.92 Å². The molecule has 0 rings (SSSR count). The Morgan fingerprint density at radius 2 is 1.60 bits per heavy atom. The third-order valence-corrected chi connectivity index (χ3v) is 1.28. The van der Waals surface area contributed by atoms with Crippen molar-refractivity contribution in [1.82, 2.24) is 0 Å². The number of hydrogen-bond donors (Lipinski definition) is 0. The third kappa shape index (κ3) is 2.28. The van der Waals surface area contributed by atoms with Gasteiger partial charge in [0.1, 0.15) is 0 Å². The predicted octanol–water partition coefficient (Wildman–Crippen LogP) is 3.19. The van der Waals surface area contributed by atoms with Gasteiger partial charge in [-0.1, -0.05) is 6.08 Å². The highest BCUT2D eigenvalue weighted by atomic mass is 79.9. The van der Waals surface area contributed by atoms with Crippen LogP contribution in [0.15, 0.2) is 12.2 Å². The smallest absolute Gasteiger partial charge is 0.194 e. The average molecular weight is 221 g/mol. The summed E-state index contributed by atoms with van der Waals surface area (Å²) in [5.74, 6) is -4.11. The Bertz CT molecular complexity index is 135.